The molecule has 1 fully saturated rings. The van der Waals surface area contributed by atoms with Gasteiger partial charge < -0.3 is 20.7 Å². The highest BCUT2D eigenvalue weighted by atomic mass is 19.4. The van der Waals surface area contributed by atoms with Gasteiger partial charge in [0.1, 0.15) is 23.4 Å². The topological polar surface area (TPSA) is 107 Å². The molecule has 3 N–H and O–H groups in total. The normalized spacial score (nSPS) is 18.3. The molecular weight excluding hydrogens is 375 g/mol. The molecule has 0 aliphatic carbocycles. The van der Waals surface area contributed by atoms with Crippen LogP contribution >= 0.6 is 0 Å². The number of nitriles is 1. The van der Waals surface area contributed by atoms with Crippen LogP contribution in [0.2, 0.25) is 0 Å². The minimum atomic E-state index is -4.57. The number of hydrogen-bond donors (Lipinski definition) is 3. The third-order valence-electron chi connectivity index (χ3n) is 3.70. The fourth-order valence-electron chi connectivity index (χ4n) is 2.30. The Hall–Kier alpha value is -2.97. The van der Waals surface area contributed by atoms with Crippen LogP contribution in [0.15, 0.2) is 34.3 Å². The predicted molar refractivity (Wildman–Crippen MR) is 100 cm³/mol. The van der Waals surface area contributed by atoms with Crippen LogP contribution in [-0.2, 0) is 10.9 Å². The number of rotatable bonds is 7. The minimum Gasteiger partial charge on any atom is -0.382 e. The highest BCUT2D eigenvalue weighted by Gasteiger charge is 2.34. The summed E-state index contributed by atoms with van der Waals surface area (Å²) in [7, 11) is 0. The van der Waals surface area contributed by atoms with Gasteiger partial charge in [0.15, 0.2) is 0 Å². The van der Waals surface area contributed by atoms with Crippen LogP contribution in [-0.4, -0.2) is 49.8 Å². The lowest BCUT2D eigenvalue weighted by atomic mass is 10.2. The van der Waals surface area contributed by atoms with Gasteiger partial charge in [0.05, 0.1) is 30.2 Å². The number of aromatic nitrogens is 1. The molecule has 1 aliphatic heterocycles. The van der Waals surface area contributed by atoms with Crippen molar-refractivity contribution in [3.63, 3.8) is 0 Å². The molecule has 1 aromatic heterocycles. The fraction of sp³-hybridized carbons (Fsp3) is 0.412. The number of morpholine rings is 1. The molecule has 1 saturated heterocycles. The molecule has 0 aromatic carbocycles. The second kappa shape index (κ2) is 9.82. The number of nitrogens with zero attached hydrogens (tertiary/aromatic N) is 4. The maximum absolute atomic E-state index is 13.3. The van der Waals surface area contributed by atoms with Crippen molar-refractivity contribution >= 4 is 23.9 Å². The summed E-state index contributed by atoms with van der Waals surface area (Å²) < 4.78 is 45.4. The Bertz CT molecular complexity index is 793. The van der Waals surface area contributed by atoms with E-state index < -0.39 is 11.7 Å². The molecule has 150 valence electrons. The Kier molecular flexibility index (Phi) is 7.48. The third-order valence-corrected chi connectivity index (χ3v) is 3.70. The Morgan fingerprint density at radius 2 is 2.36 bits per heavy atom. The lowest BCUT2D eigenvalue weighted by Gasteiger charge is -2.25. The first-order valence-electron chi connectivity index (χ1n) is 8.35. The minimum absolute atomic E-state index is 0.113. The molecule has 0 radical (unpaired) electrons. The Morgan fingerprint density at radius 3 is 2.96 bits per heavy atom. The maximum atomic E-state index is 13.3. The number of alkyl halides is 3. The van der Waals surface area contributed by atoms with E-state index in [9.17, 15) is 13.2 Å². The van der Waals surface area contributed by atoms with Crippen molar-refractivity contribution < 1.29 is 17.9 Å². The van der Waals surface area contributed by atoms with Gasteiger partial charge in [-0.05, 0) is 13.6 Å². The Balaban J connectivity index is 2.21. The van der Waals surface area contributed by atoms with Crippen LogP contribution in [0.5, 0.6) is 0 Å². The zero-order chi connectivity index (χ0) is 20.6. The molecule has 1 aliphatic rings. The van der Waals surface area contributed by atoms with E-state index in [-0.39, 0.29) is 35.7 Å². The summed E-state index contributed by atoms with van der Waals surface area (Å²) in [6, 6.07) is 3.06. The summed E-state index contributed by atoms with van der Waals surface area (Å²) in [4.78, 5) is 11.3. The summed E-state index contributed by atoms with van der Waals surface area (Å²) in [5.41, 5.74) is -0.844. The average Bonchev–Trinajstić information content (AvgIpc) is 2.69. The molecule has 11 heteroatoms. The number of anilines is 2. The molecule has 0 spiro atoms. The van der Waals surface area contributed by atoms with Crippen molar-refractivity contribution in [2.45, 2.75) is 19.2 Å². The maximum Gasteiger partial charge on any atom is 0.419 e. The molecule has 0 bridgehead atoms. The zero-order valence-electron chi connectivity index (χ0n) is 15.2. The van der Waals surface area contributed by atoms with Gasteiger partial charge in [-0.15, -0.1) is 0 Å². The third kappa shape index (κ3) is 6.33. The standard InChI is InChI=1S/C17H20F3N7O/c1-11(6-21)24-10-16(22-2)27-15-5-14(13(9-26-15)17(18,19)20)25-8-12-7-23-3-4-28-12/h5,9-10,12,23H,2-4,7-8H2,1H3,(H2,25,26,27)/b16-10+,24-11+/t12-/m0/s1. The molecule has 2 rings (SSSR count). The molecular formula is C17H20F3N7O. The molecule has 2 heterocycles. The van der Waals surface area contributed by atoms with Crippen molar-refractivity contribution in [3.05, 3.63) is 29.8 Å². The quantitative estimate of drug-likeness (QED) is 0.612. The van der Waals surface area contributed by atoms with Gasteiger partial charge in [0, 0.05) is 31.9 Å². The summed E-state index contributed by atoms with van der Waals surface area (Å²) in [5.74, 6) is 0.245. The van der Waals surface area contributed by atoms with E-state index in [1.165, 1.54) is 19.2 Å². The van der Waals surface area contributed by atoms with Gasteiger partial charge in [0.2, 0.25) is 0 Å². The number of nitrogens with one attached hydrogen (secondary N) is 3. The van der Waals surface area contributed by atoms with Crippen molar-refractivity contribution in [2.75, 3.05) is 36.9 Å². The first kappa shape index (κ1) is 21.3. The van der Waals surface area contributed by atoms with Crippen LogP contribution < -0.4 is 16.0 Å². The van der Waals surface area contributed by atoms with Gasteiger partial charge in [-0.2, -0.15) is 18.4 Å². The van der Waals surface area contributed by atoms with Crippen LogP contribution in [0.4, 0.5) is 24.7 Å². The smallest absolute Gasteiger partial charge is 0.382 e. The van der Waals surface area contributed by atoms with Crippen molar-refractivity contribution in [1.82, 2.24) is 10.3 Å². The largest absolute Gasteiger partial charge is 0.419 e. The van der Waals surface area contributed by atoms with Crippen molar-refractivity contribution in [1.29, 1.82) is 5.26 Å². The molecule has 0 saturated carbocycles. The molecule has 1 atom stereocenters. The van der Waals surface area contributed by atoms with Crippen LogP contribution in [0.25, 0.3) is 0 Å². The number of pyridine rings is 1. The fourth-order valence-corrected chi connectivity index (χ4v) is 2.30. The Labute approximate surface area is 160 Å². The van der Waals surface area contributed by atoms with Crippen LogP contribution in [0.3, 0.4) is 0 Å². The average molecular weight is 395 g/mol. The van der Waals surface area contributed by atoms with E-state index in [1.54, 1.807) is 0 Å². The van der Waals surface area contributed by atoms with E-state index in [2.05, 4.69) is 37.6 Å². The second-order valence-electron chi connectivity index (χ2n) is 5.81. The van der Waals surface area contributed by atoms with E-state index in [1.807, 2.05) is 6.07 Å². The summed E-state index contributed by atoms with van der Waals surface area (Å²) in [6.45, 7) is 6.82. The van der Waals surface area contributed by atoms with Crippen LogP contribution in [0, 0.1) is 11.3 Å². The van der Waals surface area contributed by atoms with Crippen molar-refractivity contribution in [3.8, 4) is 6.07 Å². The first-order chi connectivity index (χ1) is 13.3. The number of aliphatic imine (C=N–C) groups is 2. The lowest BCUT2D eigenvalue weighted by Crippen LogP contribution is -2.42. The van der Waals surface area contributed by atoms with E-state index in [0.717, 1.165) is 6.20 Å². The monoisotopic (exact) mass is 395 g/mol. The molecule has 1 aromatic rings. The number of halogens is 3. The SMILES string of the molecule is C=N/C(=C\N=C(/C)C#N)Nc1cc(NC[C@@H]2CNCCO2)c(C(F)(F)F)cn1. The Morgan fingerprint density at radius 1 is 1.57 bits per heavy atom. The van der Waals surface area contributed by atoms with Gasteiger partial charge in [-0.1, -0.05) is 0 Å². The highest BCUT2D eigenvalue weighted by molar-refractivity contribution is 5.96. The number of hydrogen-bond acceptors (Lipinski definition) is 8. The van der Waals surface area contributed by atoms with E-state index >= 15 is 0 Å². The molecule has 0 amide bonds. The molecule has 8 nitrogen and oxygen atoms in total. The van der Waals surface area contributed by atoms with Crippen molar-refractivity contribution in [2.24, 2.45) is 9.98 Å². The van der Waals surface area contributed by atoms with Gasteiger partial charge in [-0.3, -0.25) is 0 Å². The van der Waals surface area contributed by atoms with Crippen LogP contribution in [0.1, 0.15) is 12.5 Å². The highest BCUT2D eigenvalue weighted by Crippen LogP contribution is 2.35. The number of ether oxygens (including phenoxy) is 1. The summed E-state index contributed by atoms with van der Waals surface area (Å²) in [6.07, 6.45) is -2.84. The summed E-state index contributed by atoms with van der Waals surface area (Å²) in [5, 5.41) is 17.3. The lowest BCUT2D eigenvalue weighted by molar-refractivity contribution is -0.137. The van der Waals surface area contributed by atoms with Gasteiger partial charge >= 0.3 is 6.18 Å². The second-order valence-corrected chi connectivity index (χ2v) is 5.81. The van der Waals surface area contributed by atoms with Gasteiger partial charge in [-0.25, -0.2) is 15.0 Å². The molecule has 28 heavy (non-hydrogen) atoms. The first-order valence-corrected chi connectivity index (χ1v) is 8.35. The predicted octanol–water partition coefficient (Wildman–Crippen LogP) is 2.40. The molecule has 0 unspecified atom stereocenters. The zero-order valence-corrected chi connectivity index (χ0v) is 15.2. The van der Waals surface area contributed by atoms with E-state index in [0.29, 0.717) is 19.7 Å². The van der Waals surface area contributed by atoms with Gasteiger partial charge in [0.25, 0.3) is 0 Å². The van der Waals surface area contributed by atoms with E-state index in [4.69, 9.17) is 10.00 Å². The summed E-state index contributed by atoms with van der Waals surface area (Å²) >= 11 is 0.